The van der Waals surface area contributed by atoms with E-state index in [0.29, 0.717) is 12.6 Å². The molecule has 1 saturated carbocycles. The Bertz CT molecular complexity index is 993. The van der Waals surface area contributed by atoms with Gasteiger partial charge in [0.15, 0.2) is 0 Å². The van der Waals surface area contributed by atoms with E-state index in [0.717, 1.165) is 33.6 Å². The normalized spacial score (nSPS) is 15.2. The van der Waals surface area contributed by atoms with Crippen LogP contribution in [0.1, 0.15) is 43.4 Å². The number of nitrogens with one attached hydrogen (secondary N) is 3. The molecule has 0 amide bonds. The van der Waals surface area contributed by atoms with E-state index in [4.69, 9.17) is 5.41 Å². The highest BCUT2D eigenvalue weighted by molar-refractivity contribution is 6.09. The number of rotatable bonds is 7. The summed E-state index contributed by atoms with van der Waals surface area (Å²) >= 11 is 0. The maximum absolute atomic E-state index is 7.85. The van der Waals surface area contributed by atoms with Gasteiger partial charge in [-0.2, -0.15) is 0 Å². The molecule has 3 aromatic rings. The van der Waals surface area contributed by atoms with Crippen LogP contribution in [-0.2, 0) is 6.54 Å². The van der Waals surface area contributed by atoms with Gasteiger partial charge >= 0.3 is 0 Å². The van der Waals surface area contributed by atoms with Gasteiger partial charge in [-0.1, -0.05) is 31.4 Å². The smallest absolute Gasteiger partial charge is 0.137 e. The number of allylic oxidation sites excluding steroid dienone is 1. The van der Waals surface area contributed by atoms with Crippen molar-refractivity contribution in [2.24, 2.45) is 0 Å². The zero-order valence-electron chi connectivity index (χ0n) is 16.4. The average molecular weight is 387 g/mol. The second-order valence-electron chi connectivity index (χ2n) is 7.38. The Hall–Kier alpha value is -3.28. The molecule has 4 rings (SSSR count). The van der Waals surface area contributed by atoms with Gasteiger partial charge in [0.2, 0.25) is 0 Å². The Morgan fingerprint density at radius 3 is 2.76 bits per heavy atom. The van der Waals surface area contributed by atoms with Crippen LogP contribution in [0.15, 0.2) is 55.1 Å². The van der Waals surface area contributed by atoms with Crippen LogP contribution in [0, 0.1) is 5.41 Å². The SMILES string of the molecule is N=C/C(=C\NCc1ccccn1)c1ccc2ncnc(NC3CCCCC3)c2c1. The number of benzene rings is 1. The number of hydrogen-bond donors (Lipinski definition) is 3. The second-order valence-corrected chi connectivity index (χ2v) is 7.38. The molecule has 2 aromatic heterocycles. The van der Waals surface area contributed by atoms with Crippen molar-refractivity contribution in [1.29, 1.82) is 5.41 Å². The Morgan fingerprint density at radius 1 is 1.07 bits per heavy atom. The first-order valence-electron chi connectivity index (χ1n) is 10.2. The predicted octanol–water partition coefficient (Wildman–Crippen LogP) is 4.55. The van der Waals surface area contributed by atoms with Crippen molar-refractivity contribution in [3.8, 4) is 0 Å². The Morgan fingerprint density at radius 2 is 1.97 bits per heavy atom. The second kappa shape index (κ2) is 9.28. The van der Waals surface area contributed by atoms with Crippen LogP contribution in [0.3, 0.4) is 0 Å². The average Bonchev–Trinajstić information content (AvgIpc) is 2.78. The van der Waals surface area contributed by atoms with Crippen LogP contribution >= 0.6 is 0 Å². The largest absolute Gasteiger partial charge is 0.385 e. The third-order valence-electron chi connectivity index (χ3n) is 5.34. The summed E-state index contributed by atoms with van der Waals surface area (Å²) in [7, 11) is 0. The number of fused-ring (bicyclic) bond motifs is 1. The predicted molar refractivity (Wildman–Crippen MR) is 118 cm³/mol. The van der Waals surface area contributed by atoms with Crippen LogP contribution in [0.25, 0.3) is 16.5 Å². The maximum Gasteiger partial charge on any atom is 0.137 e. The van der Waals surface area contributed by atoms with Crippen molar-refractivity contribution in [1.82, 2.24) is 20.3 Å². The van der Waals surface area contributed by atoms with Gasteiger partial charge in [0.25, 0.3) is 0 Å². The summed E-state index contributed by atoms with van der Waals surface area (Å²) in [6.07, 6.45) is 12.9. The van der Waals surface area contributed by atoms with Gasteiger partial charge < -0.3 is 16.0 Å². The van der Waals surface area contributed by atoms with E-state index < -0.39 is 0 Å². The number of anilines is 1. The summed E-state index contributed by atoms with van der Waals surface area (Å²) in [4.78, 5) is 13.2. The zero-order chi connectivity index (χ0) is 19.9. The molecule has 2 heterocycles. The lowest BCUT2D eigenvalue weighted by Gasteiger charge is -2.23. The maximum atomic E-state index is 7.85. The molecule has 0 radical (unpaired) electrons. The molecule has 1 aromatic carbocycles. The van der Waals surface area contributed by atoms with Crippen molar-refractivity contribution in [3.63, 3.8) is 0 Å². The first kappa shape index (κ1) is 19.1. The van der Waals surface area contributed by atoms with E-state index >= 15 is 0 Å². The van der Waals surface area contributed by atoms with E-state index in [2.05, 4.69) is 31.7 Å². The lowest BCUT2D eigenvalue weighted by molar-refractivity contribution is 0.462. The highest BCUT2D eigenvalue weighted by Gasteiger charge is 2.15. The molecule has 6 nitrogen and oxygen atoms in total. The summed E-state index contributed by atoms with van der Waals surface area (Å²) in [6, 6.07) is 12.4. The van der Waals surface area contributed by atoms with Crippen LogP contribution < -0.4 is 10.6 Å². The number of nitrogens with zero attached hydrogens (tertiary/aromatic N) is 3. The van der Waals surface area contributed by atoms with E-state index in [1.807, 2.05) is 36.5 Å². The van der Waals surface area contributed by atoms with E-state index in [1.54, 1.807) is 12.5 Å². The van der Waals surface area contributed by atoms with E-state index in [1.165, 1.54) is 38.3 Å². The molecular formula is C23H26N6. The topological polar surface area (TPSA) is 86.6 Å². The fourth-order valence-electron chi connectivity index (χ4n) is 3.77. The molecule has 0 unspecified atom stereocenters. The van der Waals surface area contributed by atoms with Crippen molar-refractivity contribution in [2.75, 3.05) is 5.32 Å². The van der Waals surface area contributed by atoms with Crippen molar-refractivity contribution >= 4 is 28.5 Å². The lowest BCUT2D eigenvalue weighted by atomic mass is 9.95. The van der Waals surface area contributed by atoms with Gasteiger partial charge in [0, 0.05) is 35.6 Å². The quantitative estimate of drug-likeness (QED) is 0.519. The Kier molecular flexibility index (Phi) is 6.10. The standard InChI is InChI=1S/C23H26N6/c24-13-18(14-25-15-20-8-4-5-11-26-20)17-9-10-22-21(12-17)23(28-16-27-22)29-19-6-2-1-3-7-19/h4-5,8-14,16,19,24-25H,1-3,6-7,15H2,(H,27,28,29)/b18-14+,24-13?. The van der Waals surface area contributed by atoms with Crippen molar-refractivity contribution < 1.29 is 0 Å². The van der Waals surface area contributed by atoms with Crippen LogP contribution in [0.5, 0.6) is 0 Å². The molecule has 1 aliphatic carbocycles. The minimum absolute atomic E-state index is 0.475. The van der Waals surface area contributed by atoms with Gasteiger partial charge in [0.05, 0.1) is 17.8 Å². The van der Waals surface area contributed by atoms with Crippen LogP contribution in [0.2, 0.25) is 0 Å². The minimum atomic E-state index is 0.475. The van der Waals surface area contributed by atoms with Gasteiger partial charge in [-0.05, 0) is 42.7 Å². The molecule has 0 atom stereocenters. The molecule has 1 fully saturated rings. The monoisotopic (exact) mass is 386 g/mol. The summed E-state index contributed by atoms with van der Waals surface area (Å²) in [5.74, 6) is 0.884. The first-order chi connectivity index (χ1) is 14.3. The number of pyridine rings is 1. The summed E-state index contributed by atoms with van der Waals surface area (Å²) in [6.45, 7) is 0.614. The highest BCUT2D eigenvalue weighted by Crippen LogP contribution is 2.27. The van der Waals surface area contributed by atoms with Crippen molar-refractivity contribution in [2.45, 2.75) is 44.7 Å². The Labute approximate surface area is 171 Å². The Balaban J connectivity index is 1.56. The molecule has 6 heteroatoms. The zero-order valence-corrected chi connectivity index (χ0v) is 16.4. The lowest BCUT2D eigenvalue weighted by Crippen LogP contribution is -2.23. The van der Waals surface area contributed by atoms with Crippen LogP contribution in [0.4, 0.5) is 5.82 Å². The fourth-order valence-corrected chi connectivity index (χ4v) is 3.77. The van der Waals surface area contributed by atoms with E-state index in [-0.39, 0.29) is 0 Å². The van der Waals surface area contributed by atoms with Gasteiger partial charge in [0.1, 0.15) is 12.1 Å². The molecule has 0 aliphatic heterocycles. The van der Waals surface area contributed by atoms with Gasteiger partial charge in [-0.25, -0.2) is 9.97 Å². The van der Waals surface area contributed by atoms with E-state index in [9.17, 15) is 0 Å². The fraction of sp³-hybridized carbons (Fsp3) is 0.304. The molecule has 0 bridgehead atoms. The molecule has 0 spiro atoms. The van der Waals surface area contributed by atoms with Crippen molar-refractivity contribution in [3.05, 3.63) is 66.4 Å². The molecular weight excluding hydrogens is 360 g/mol. The summed E-state index contributed by atoms with van der Waals surface area (Å²) in [5.41, 5.74) is 3.63. The highest BCUT2D eigenvalue weighted by atomic mass is 15.0. The molecule has 148 valence electrons. The minimum Gasteiger partial charge on any atom is -0.385 e. The third-order valence-corrected chi connectivity index (χ3v) is 5.34. The molecule has 3 N–H and O–H groups in total. The van der Waals surface area contributed by atoms with Crippen LogP contribution in [-0.4, -0.2) is 27.2 Å². The molecule has 0 saturated heterocycles. The summed E-state index contributed by atoms with van der Waals surface area (Å²) < 4.78 is 0. The number of hydrogen-bond acceptors (Lipinski definition) is 6. The van der Waals surface area contributed by atoms with Gasteiger partial charge in [-0.3, -0.25) is 4.98 Å². The molecule has 29 heavy (non-hydrogen) atoms. The summed E-state index contributed by atoms with van der Waals surface area (Å²) in [5, 5.41) is 15.7. The first-order valence-corrected chi connectivity index (χ1v) is 10.2. The molecule has 1 aliphatic rings. The number of aromatic nitrogens is 3. The van der Waals surface area contributed by atoms with Gasteiger partial charge in [-0.15, -0.1) is 0 Å². The third kappa shape index (κ3) is 4.77.